The molecule has 0 atom stereocenters. The van der Waals surface area contributed by atoms with E-state index < -0.39 is 15.9 Å². The zero-order chi connectivity index (χ0) is 16.0. The minimum atomic E-state index is -3.42. The van der Waals surface area contributed by atoms with Crippen molar-refractivity contribution in [1.82, 2.24) is 4.31 Å². The van der Waals surface area contributed by atoms with Crippen LogP contribution in [0.4, 0.5) is 5.69 Å². The van der Waals surface area contributed by atoms with Crippen molar-refractivity contribution in [2.75, 3.05) is 24.7 Å². The van der Waals surface area contributed by atoms with E-state index in [9.17, 15) is 13.2 Å². The van der Waals surface area contributed by atoms with E-state index in [-0.39, 0.29) is 6.54 Å². The number of nitrogens with zero attached hydrogens (tertiary/aromatic N) is 1. The Labute approximate surface area is 131 Å². The molecule has 0 saturated carbocycles. The Hall–Kier alpha value is -1.11. The number of rotatable bonds is 7. The number of para-hydroxylation sites is 1. The summed E-state index contributed by atoms with van der Waals surface area (Å²) in [6, 6.07) is 6.82. The van der Waals surface area contributed by atoms with Gasteiger partial charge < -0.3 is 5.32 Å². The third kappa shape index (κ3) is 6.46. The van der Waals surface area contributed by atoms with E-state index in [2.05, 4.69) is 5.32 Å². The third-order valence-electron chi connectivity index (χ3n) is 2.89. The van der Waals surface area contributed by atoms with Gasteiger partial charge in [-0.1, -0.05) is 37.6 Å². The maximum atomic E-state index is 12.0. The van der Waals surface area contributed by atoms with Crippen molar-refractivity contribution in [1.29, 1.82) is 0 Å². The Balaban J connectivity index is 2.70. The summed E-state index contributed by atoms with van der Waals surface area (Å²) in [5.74, 6) is -0.0434. The van der Waals surface area contributed by atoms with Gasteiger partial charge in [-0.3, -0.25) is 4.79 Å². The van der Waals surface area contributed by atoms with E-state index in [1.54, 1.807) is 24.3 Å². The molecule has 1 aromatic rings. The lowest BCUT2D eigenvalue weighted by Gasteiger charge is -2.20. The minimum absolute atomic E-state index is 0.212. The lowest BCUT2D eigenvalue weighted by Crippen LogP contribution is -2.38. The fourth-order valence-electron chi connectivity index (χ4n) is 1.68. The van der Waals surface area contributed by atoms with Crippen LogP contribution in [0.1, 0.15) is 20.3 Å². The quantitative estimate of drug-likeness (QED) is 0.834. The van der Waals surface area contributed by atoms with Gasteiger partial charge in [-0.05, 0) is 24.5 Å². The second kappa shape index (κ2) is 7.77. The number of anilines is 1. The molecule has 21 heavy (non-hydrogen) atoms. The average molecular weight is 333 g/mol. The topological polar surface area (TPSA) is 66.5 Å². The van der Waals surface area contributed by atoms with Gasteiger partial charge in [-0.25, -0.2) is 8.42 Å². The zero-order valence-corrected chi connectivity index (χ0v) is 14.0. The lowest BCUT2D eigenvalue weighted by atomic mass is 10.1. The fourth-order valence-corrected chi connectivity index (χ4v) is 2.65. The highest BCUT2D eigenvalue weighted by Gasteiger charge is 2.20. The second-order valence-corrected chi connectivity index (χ2v) is 7.70. The van der Waals surface area contributed by atoms with Crippen LogP contribution in [0.5, 0.6) is 0 Å². The monoisotopic (exact) mass is 332 g/mol. The van der Waals surface area contributed by atoms with Gasteiger partial charge in [0.05, 0.1) is 23.5 Å². The first kappa shape index (κ1) is 17.9. The summed E-state index contributed by atoms with van der Waals surface area (Å²) >= 11 is 5.95. The predicted octanol–water partition coefficient (Wildman–Crippen LogP) is 2.59. The number of benzene rings is 1. The Bertz CT molecular complexity index is 588. The second-order valence-electron chi connectivity index (χ2n) is 5.31. The Morgan fingerprint density at radius 3 is 2.48 bits per heavy atom. The molecular formula is C14H21ClN2O3S. The summed E-state index contributed by atoms with van der Waals surface area (Å²) < 4.78 is 24.6. The van der Waals surface area contributed by atoms with Crippen molar-refractivity contribution in [3.8, 4) is 0 Å². The molecule has 0 unspecified atom stereocenters. The van der Waals surface area contributed by atoms with Gasteiger partial charge in [0.1, 0.15) is 0 Å². The average Bonchev–Trinajstić information content (AvgIpc) is 2.35. The molecule has 118 valence electrons. The van der Waals surface area contributed by atoms with Gasteiger partial charge in [-0.2, -0.15) is 4.31 Å². The summed E-state index contributed by atoms with van der Waals surface area (Å²) in [6.45, 7) is 4.12. The van der Waals surface area contributed by atoms with Crippen LogP contribution < -0.4 is 5.32 Å². The van der Waals surface area contributed by atoms with Gasteiger partial charge in [0.2, 0.25) is 15.9 Å². The first-order valence-electron chi connectivity index (χ1n) is 6.69. The maximum Gasteiger partial charge on any atom is 0.239 e. The molecule has 0 spiro atoms. The van der Waals surface area contributed by atoms with Gasteiger partial charge in [0.15, 0.2) is 0 Å². The Morgan fingerprint density at radius 2 is 1.95 bits per heavy atom. The van der Waals surface area contributed by atoms with E-state index in [1.807, 2.05) is 13.8 Å². The first-order chi connectivity index (χ1) is 9.70. The molecule has 0 bridgehead atoms. The van der Waals surface area contributed by atoms with Crippen LogP contribution in [0, 0.1) is 5.92 Å². The predicted molar refractivity (Wildman–Crippen MR) is 86.0 cm³/mol. The van der Waals surface area contributed by atoms with Crippen LogP contribution in [0.15, 0.2) is 24.3 Å². The molecule has 1 N–H and O–H groups in total. The molecule has 7 heteroatoms. The van der Waals surface area contributed by atoms with E-state index >= 15 is 0 Å². The highest BCUT2D eigenvalue weighted by Crippen LogP contribution is 2.20. The van der Waals surface area contributed by atoms with Crippen molar-refractivity contribution >= 4 is 33.2 Å². The lowest BCUT2D eigenvalue weighted by molar-refractivity contribution is -0.116. The molecule has 1 aromatic carbocycles. The zero-order valence-electron chi connectivity index (χ0n) is 12.5. The molecule has 0 aliphatic heterocycles. The number of amides is 1. The number of nitrogens with one attached hydrogen (secondary N) is 1. The first-order valence-corrected chi connectivity index (χ1v) is 8.92. The summed E-state index contributed by atoms with van der Waals surface area (Å²) in [5.41, 5.74) is 0.474. The largest absolute Gasteiger partial charge is 0.324 e. The normalized spacial score (nSPS) is 11.9. The van der Waals surface area contributed by atoms with Crippen LogP contribution in [0.3, 0.4) is 0 Å². The van der Waals surface area contributed by atoms with Gasteiger partial charge in [0, 0.05) is 6.54 Å². The van der Waals surface area contributed by atoms with E-state index in [4.69, 9.17) is 11.6 Å². The number of sulfonamides is 1. The SMILES string of the molecule is CC(C)CCN(CC(=O)Nc1ccccc1Cl)S(C)(=O)=O. The summed E-state index contributed by atoms with van der Waals surface area (Å²) in [5, 5.41) is 3.04. The molecule has 0 aliphatic carbocycles. The van der Waals surface area contributed by atoms with Gasteiger partial charge >= 0.3 is 0 Å². The Morgan fingerprint density at radius 1 is 1.33 bits per heavy atom. The number of halogens is 1. The van der Waals surface area contributed by atoms with E-state index in [0.29, 0.717) is 29.6 Å². The van der Waals surface area contributed by atoms with Crippen LogP contribution >= 0.6 is 11.6 Å². The van der Waals surface area contributed by atoms with Crippen molar-refractivity contribution in [3.05, 3.63) is 29.3 Å². The highest BCUT2D eigenvalue weighted by atomic mass is 35.5. The number of hydrogen-bond acceptors (Lipinski definition) is 3. The van der Waals surface area contributed by atoms with E-state index in [1.165, 1.54) is 4.31 Å². The molecule has 0 heterocycles. The molecular weight excluding hydrogens is 312 g/mol. The summed E-state index contributed by atoms with van der Waals surface area (Å²) in [7, 11) is -3.42. The molecule has 0 aromatic heterocycles. The standard InChI is InChI=1S/C14H21ClN2O3S/c1-11(2)8-9-17(21(3,19)20)10-14(18)16-13-7-5-4-6-12(13)15/h4-7,11H,8-10H2,1-3H3,(H,16,18). The molecule has 0 saturated heterocycles. The highest BCUT2D eigenvalue weighted by molar-refractivity contribution is 7.88. The van der Waals surface area contributed by atoms with Crippen molar-refractivity contribution in [2.24, 2.45) is 5.92 Å². The van der Waals surface area contributed by atoms with Crippen LogP contribution in [0.2, 0.25) is 5.02 Å². The van der Waals surface area contributed by atoms with Crippen molar-refractivity contribution in [2.45, 2.75) is 20.3 Å². The third-order valence-corrected chi connectivity index (χ3v) is 4.47. The van der Waals surface area contributed by atoms with E-state index in [0.717, 1.165) is 6.26 Å². The Kier molecular flexibility index (Phi) is 6.64. The number of carbonyl (C=O) groups is 1. The maximum absolute atomic E-state index is 12.0. The minimum Gasteiger partial charge on any atom is -0.324 e. The van der Waals surface area contributed by atoms with Crippen LogP contribution in [0.25, 0.3) is 0 Å². The molecule has 0 aliphatic rings. The molecule has 0 radical (unpaired) electrons. The summed E-state index contributed by atoms with van der Waals surface area (Å²) in [4.78, 5) is 12.0. The molecule has 0 fully saturated rings. The molecule has 1 rings (SSSR count). The molecule has 1 amide bonds. The smallest absolute Gasteiger partial charge is 0.239 e. The number of hydrogen-bond donors (Lipinski definition) is 1. The fraction of sp³-hybridized carbons (Fsp3) is 0.500. The van der Waals surface area contributed by atoms with Gasteiger partial charge in [-0.15, -0.1) is 0 Å². The van der Waals surface area contributed by atoms with Crippen molar-refractivity contribution < 1.29 is 13.2 Å². The molecule has 5 nitrogen and oxygen atoms in total. The summed E-state index contributed by atoms with van der Waals surface area (Å²) in [6.07, 6.45) is 1.81. The number of carbonyl (C=O) groups excluding carboxylic acids is 1. The van der Waals surface area contributed by atoms with Crippen LogP contribution in [-0.4, -0.2) is 38.0 Å². The van der Waals surface area contributed by atoms with Crippen LogP contribution in [-0.2, 0) is 14.8 Å². The van der Waals surface area contributed by atoms with Gasteiger partial charge in [0.25, 0.3) is 0 Å². The van der Waals surface area contributed by atoms with Crippen molar-refractivity contribution in [3.63, 3.8) is 0 Å².